The van der Waals surface area contributed by atoms with Crippen molar-refractivity contribution in [3.8, 4) is 0 Å². The molecule has 1 heteroatoms. The van der Waals surface area contributed by atoms with E-state index in [1.54, 1.807) is 5.57 Å². The number of Topliss-reactive ketones (excluding diaryl/α,β-unsaturated/α-hetero) is 1. The van der Waals surface area contributed by atoms with Gasteiger partial charge >= 0.3 is 0 Å². The number of carbonyl (C=O) groups is 1. The Morgan fingerprint density at radius 1 is 1.17 bits per heavy atom. The lowest BCUT2D eigenvalue weighted by molar-refractivity contribution is 0.0671. The van der Waals surface area contributed by atoms with E-state index in [1.807, 2.05) is 0 Å². The van der Waals surface area contributed by atoms with Crippen LogP contribution in [0.1, 0.15) is 54.1 Å². The van der Waals surface area contributed by atoms with E-state index in [4.69, 9.17) is 0 Å². The van der Waals surface area contributed by atoms with E-state index in [1.165, 1.54) is 28.3 Å². The third-order valence-corrected chi connectivity index (χ3v) is 6.60. The highest BCUT2D eigenvalue weighted by molar-refractivity contribution is 6.06. The molecule has 116 valence electrons. The van der Waals surface area contributed by atoms with Gasteiger partial charge in [-0.05, 0) is 72.4 Å². The summed E-state index contributed by atoms with van der Waals surface area (Å²) in [4.78, 5) is 13.4. The highest BCUT2D eigenvalue weighted by Crippen LogP contribution is 2.58. The molecule has 2 bridgehead atoms. The van der Waals surface area contributed by atoms with Crippen molar-refractivity contribution < 1.29 is 4.79 Å². The van der Waals surface area contributed by atoms with Gasteiger partial charge in [0, 0.05) is 11.0 Å². The van der Waals surface area contributed by atoms with E-state index in [0.29, 0.717) is 11.7 Å². The number of ketones is 1. The number of carbonyl (C=O) groups excluding carboxylic acids is 1. The zero-order valence-corrected chi connectivity index (χ0v) is 13.7. The van der Waals surface area contributed by atoms with Gasteiger partial charge in [0.1, 0.15) is 0 Å². The van der Waals surface area contributed by atoms with E-state index < -0.39 is 0 Å². The van der Waals surface area contributed by atoms with Crippen LogP contribution in [0.3, 0.4) is 0 Å². The average Bonchev–Trinajstić information content (AvgIpc) is 3.18. The lowest BCUT2D eigenvalue weighted by atomic mass is 9.63. The van der Waals surface area contributed by atoms with Crippen molar-refractivity contribution in [2.45, 2.75) is 45.4 Å². The molecule has 1 saturated carbocycles. The number of allylic oxidation sites excluding steroid dienone is 2. The van der Waals surface area contributed by atoms with Crippen molar-refractivity contribution >= 4 is 16.6 Å². The third kappa shape index (κ3) is 1.77. The van der Waals surface area contributed by atoms with Gasteiger partial charge in [0.25, 0.3) is 0 Å². The van der Waals surface area contributed by atoms with Gasteiger partial charge in [-0.2, -0.15) is 0 Å². The first-order valence-corrected chi connectivity index (χ1v) is 8.98. The maximum Gasteiger partial charge on any atom is 0.169 e. The fraction of sp³-hybridized carbons (Fsp3) is 0.409. The molecule has 23 heavy (non-hydrogen) atoms. The van der Waals surface area contributed by atoms with Gasteiger partial charge in [-0.25, -0.2) is 0 Å². The number of hydrogen-bond acceptors (Lipinski definition) is 1. The molecule has 3 aliphatic carbocycles. The summed E-state index contributed by atoms with van der Waals surface area (Å²) in [6, 6.07) is 11.1. The molecule has 2 aromatic rings. The van der Waals surface area contributed by atoms with Crippen molar-refractivity contribution in [3.63, 3.8) is 0 Å². The van der Waals surface area contributed by atoms with E-state index in [0.717, 1.165) is 37.7 Å². The van der Waals surface area contributed by atoms with Crippen LogP contribution in [-0.2, 0) is 12.8 Å². The Balaban J connectivity index is 1.64. The first-order chi connectivity index (χ1) is 11.2. The molecule has 2 aromatic carbocycles. The van der Waals surface area contributed by atoms with Gasteiger partial charge < -0.3 is 0 Å². The largest absolute Gasteiger partial charge is 0.294 e. The summed E-state index contributed by atoms with van der Waals surface area (Å²) in [6.45, 7) is 2.19. The minimum Gasteiger partial charge on any atom is -0.294 e. The molecule has 0 saturated heterocycles. The van der Waals surface area contributed by atoms with Crippen LogP contribution in [-0.4, -0.2) is 5.78 Å². The van der Waals surface area contributed by atoms with Gasteiger partial charge in [-0.1, -0.05) is 42.8 Å². The zero-order chi connectivity index (χ0) is 15.6. The topological polar surface area (TPSA) is 17.1 Å². The van der Waals surface area contributed by atoms with Crippen LogP contribution in [0.25, 0.3) is 10.8 Å². The Kier molecular flexibility index (Phi) is 2.69. The lowest BCUT2D eigenvalue weighted by Crippen LogP contribution is -2.39. The van der Waals surface area contributed by atoms with Crippen LogP contribution in [0.2, 0.25) is 0 Å². The highest BCUT2D eigenvalue weighted by Gasteiger charge is 2.53. The molecule has 0 amide bonds. The summed E-state index contributed by atoms with van der Waals surface area (Å²) in [6.07, 6.45) is 8.90. The van der Waals surface area contributed by atoms with Gasteiger partial charge in [0.2, 0.25) is 0 Å². The second-order valence-electron chi connectivity index (χ2n) is 7.71. The molecule has 1 fully saturated rings. The molecule has 0 aromatic heterocycles. The minimum atomic E-state index is -0.0614. The predicted molar refractivity (Wildman–Crippen MR) is 93.8 cm³/mol. The number of benzene rings is 2. The van der Waals surface area contributed by atoms with Gasteiger partial charge in [-0.3, -0.25) is 4.79 Å². The first-order valence-electron chi connectivity index (χ1n) is 8.98. The highest BCUT2D eigenvalue weighted by atomic mass is 16.1. The summed E-state index contributed by atoms with van der Waals surface area (Å²) in [5.41, 5.74) is 5.14. The Morgan fingerprint density at radius 3 is 2.83 bits per heavy atom. The molecule has 5 rings (SSSR count). The summed E-state index contributed by atoms with van der Waals surface area (Å²) in [5, 5.41) is 2.51. The quantitative estimate of drug-likeness (QED) is 0.657. The second kappa shape index (κ2) is 4.56. The molecular weight excluding hydrogens is 280 g/mol. The molecule has 1 nitrogen and oxygen atoms in total. The Morgan fingerprint density at radius 2 is 2.09 bits per heavy atom. The molecule has 3 aliphatic rings. The summed E-state index contributed by atoms with van der Waals surface area (Å²) in [7, 11) is 0. The minimum absolute atomic E-state index is 0.0614. The lowest BCUT2D eigenvalue weighted by Gasteiger charge is -2.38. The molecule has 0 heterocycles. The summed E-state index contributed by atoms with van der Waals surface area (Å²) in [5.74, 6) is 1.02. The van der Waals surface area contributed by atoms with Gasteiger partial charge in [0.05, 0.1) is 0 Å². The number of fused-ring (bicyclic) bond motifs is 5. The van der Waals surface area contributed by atoms with Crippen LogP contribution in [0.5, 0.6) is 0 Å². The standard InChI is InChI=1S/C22H22O/c1-2-14-3-5-16-12-20-17(11-18(16)9-14)7-8-22(21(20)23)13-15-4-6-19(22)10-15/h3-5,9,11-12,19H,2,6-8,10,13H2,1H3. The maximum atomic E-state index is 13.4. The monoisotopic (exact) mass is 302 g/mol. The maximum absolute atomic E-state index is 13.4. The second-order valence-corrected chi connectivity index (χ2v) is 7.71. The Hall–Kier alpha value is -1.89. The van der Waals surface area contributed by atoms with E-state index in [2.05, 4.69) is 43.3 Å². The van der Waals surface area contributed by atoms with Crippen molar-refractivity contribution in [2.24, 2.45) is 11.3 Å². The smallest absolute Gasteiger partial charge is 0.169 e. The van der Waals surface area contributed by atoms with E-state index >= 15 is 0 Å². The summed E-state index contributed by atoms with van der Waals surface area (Å²) < 4.78 is 0. The fourth-order valence-corrected chi connectivity index (χ4v) is 5.24. The molecular formula is C22H22O. The molecule has 2 atom stereocenters. The van der Waals surface area contributed by atoms with Crippen molar-refractivity contribution in [2.75, 3.05) is 0 Å². The number of rotatable bonds is 1. The molecule has 1 spiro atoms. The average molecular weight is 302 g/mol. The van der Waals surface area contributed by atoms with E-state index in [-0.39, 0.29) is 5.41 Å². The first kappa shape index (κ1) is 13.5. The Bertz CT molecular complexity index is 873. The van der Waals surface area contributed by atoms with Gasteiger partial charge in [-0.15, -0.1) is 0 Å². The van der Waals surface area contributed by atoms with Crippen LogP contribution >= 0.6 is 0 Å². The zero-order valence-electron chi connectivity index (χ0n) is 13.7. The third-order valence-electron chi connectivity index (χ3n) is 6.60. The van der Waals surface area contributed by atoms with Crippen LogP contribution in [0, 0.1) is 11.3 Å². The van der Waals surface area contributed by atoms with Crippen molar-refractivity contribution in [1.82, 2.24) is 0 Å². The molecule has 0 aliphatic heterocycles. The van der Waals surface area contributed by atoms with Gasteiger partial charge in [0.15, 0.2) is 5.78 Å². The number of aryl methyl sites for hydroxylation is 2. The fourth-order valence-electron chi connectivity index (χ4n) is 5.24. The van der Waals surface area contributed by atoms with Crippen molar-refractivity contribution in [3.05, 3.63) is 58.7 Å². The normalized spacial score (nSPS) is 28.5. The summed E-state index contributed by atoms with van der Waals surface area (Å²) >= 11 is 0. The number of hydrogen-bond donors (Lipinski definition) is 0. The van der Waals surface area contributed by atoms with Crippen LogP contribution < -0.4 is 0 Å². The molecule has 2 unspecified atom stereocenters. The molecule has 0 radical (unpaired) electrons. The predicted octanol–water partition coefficient (Wildman–Crippen LogP) is 5.26. The van der Waals surface area contributed by atoms with Crippen molar-refractivity contribution in [1.29, 1.82) is 0 Å². The SMILES string of the molecule is CCc1ccc2cc3c(cc2c1)CCC1(CC2=CCC1C2)C3=O. The Labute approximate surface area is 137 Å². The van der Waals surface area contributed by atoms with E-state index in [9.17, 15) is 4.79 Å². The molecule has 0 N–H and O–H groups in total. The van der Waals surface area contributed by atoms with Crippen LogP contribution in [0.4, 0.5) is 0 Å². The van der Waals surface area contributed by atoms with Crippen LogP contribution in [0.15, 0.2) is 42.0 Å².